The van der Waals surface area contributed by atoms with Crippen molar-refractivity contribution in [3.63, 3.8) is 0 Å². The number of urea groups is 1. The van der Waals surface area contributed by atoms with E-state index in [0.717, 1.165) is 24.1 Å². The Bertz CT molecular complexity index is 1110. The molecule has 1 aliphatic rings. The third-order valence-corrected chi connectivity index (χ3v) is 5.76. The molecule has 0 bridgehead atoms. The second kappa shape index (κ2) is 8.79. The fraction of sp³-hybridized carbons (Fsp3) is 0.333. The lowest BCUT2D eigenvalue weighted by molar-refractivity contribution is 0.0644. The maximum atomic E-state index is 13.6. The van der Waals surface area contributed by atoms with Crippen LogP contribution in [0.5, 0.6) is 0 Å². The van der Waals surface area contributed by atoms with Gasteiger partial charge in [-0.25, -0.2) is 9.18 Å². The monoisotopic (exact) mass is 423 g/mol. The van der Waals surface area contributed by atoms with Crippen molar-refractivity contribution in [3.8, 4) is 0 Å². The fourth-order valence-corrected chi connectivity index (χ4v) is 4.01. The minimum atomic E-state index is -0.358. The molecule has 0 spiro atoms. The number of rotatable bonds is 4. The Kier molecular flexibility index (Phi) is 5.93. The molecule has 3 amide bonds. The number of amides is 3. The molecule has 2 N–H and O–H groups in total. The van der Waals surface area contributed by atoms with E-state index in [-0.39, 0.29) is 29.4 Å². The summed E-state index contributed by atoms with van der Waals surface area (Å²) >= 11 is 0. The van der Waals surface area contributed by atoms with E-state index in [0.29, 0.717) is 36.2 Å². The third-order valence-electron chi connectivity index (χ3n) is 5.76. The largest absolute Gasteiger partial charge is 0.451 e. The molecule has 1 atom stereocenters. The number of furan rings is 1. The molecule has 31 heavy (non-hydrogen) atoms. The van der Waals surface area contributed by atoms with Gasteiger partial charge in [-0.2, -0.15) is 0 Å². The summed E-state index contributed by atoms with van der Waals surface area (Å²) in [5, 5.41) is 6.34. The van der Waals surface area contributed by atoms with Crippen LogP contribution in [0.2, 0.25) is 0 Å². The van der Waals surface area contributed by atoms with E-state index in [9.17, 15) is 14.0 Å². The third kappa shape index (κ3) is 4.71. The summed E-state index contributed by atoms with van der Waals surface area (Å²) < 4.78 is 19.3. The Morgan fingerprint density at radius 2 is 1.94 bits per heavy atom. The molecule has 6 nitrogen and oxygen atoms in total. The lowest BCUT2D eigenvalue weighted by Crippen LogP contribution is -2.44. The summed E-state index contributed by atoms with van der Waals surface area (Å²) in [6, 6.07) is 11.6. The molecule has 0 saturated carbocycles. The van der Waals surface area contributed by atoms with E-state index in [1.165, 1.54) is 12.1 Å². The zero-order valence-electron chi connectivity index (χ0n) is 17.7. The number of carbonyl (C=O) groups excluding carboxylic acids is 2. The van der Waals surface area contributed by atoms with E-state index < -0.39 is 0 Å². The first kappa shape index (κ1) is 20.9. The number of hydrogen-bond acceptors (Lipinski definition) is 3. The molecule has 1 unspecified atom stereocenters. The van der Waals surface area contributed by atoms with Gasteiger partial charge in [0.1, 0.15) is 11.4 Å². The summed E-state index contributed by atoms with van der Waals surface area (Å²) in [6.45, 7) is 5.41. The van der Waals surface area contributed by atoms with E-state index in [1.807, 2.05) is 31.2 Å². The highest BCUT2D eigenvalue weighted by Crippen LogP contribution is 2.28. The van der Waals surface area contributed by atoms with Gasteiger partial charge in [0.2, 0.25) is 0 Å². The van der Waals surface area contributed by atoms with Crippen LogP contribution in [0.25, 0.3) is 11.0 Å². The number of halogens is 1. The van der Waals surface area contributed by atoms with E-state index in [4.69, 9.17) is 4.42 Å². The Labute approximate surface area is 180 Å². The highest BCUT2D eigenvalue weighted by molar-refractivity contribution is 5.99. The average Bonchev–Trinajstić information content (AvgIpc) is 3.09. The van der Waals surface area contributed by atoms with Gasteiger partial charge in [-0.3, -0.25) is 4.79 Å². The van der Waals surface area contributed by atoms with Crippen LogP contribution in [0.1, 0.15) is 34.5 Å². The molecule has 162 valence electrons. The van der Waals surface area contributed by atoms with Crippen LogP contribution in [0, 0.1) is 25.6 Å². The minimum absolute atomic E-state index is 0.156. The smallest absolute Gasteiger partial charge is 0.319 e. The lowest BCUT2D eigenvalue weighted by atomic mass is 9.97. The maximum Gasteiger partial charge on any atom is 0.319 e. The fourth-order valence-electron chi connectivity index (χ4n) is 4.01. The van der Waals surface area contributed by atoms with Crippen molar-refractivity contribution in [2.45, 2.75) is 26.7 Å². The Hall–Kier alpha value is -3.35. The van der Waals surface area contributed by atoms with Crippen LogP contribution >= 0.6 is 0 Å². The number of anilines is 1. The quantitative estimate of drug-likeness (QED) is 0.629. The van der Waals surface area contributed by atoms with Crippen molar-refractivity contribution in [3.05, 3.63) is 65.2 Å². The molecule has 1 fully saturated rings. The number of piperidine rings is 1. The van der Waals surface area contributed by atoms with Crippen molar-refractivity contribution < 1.29 is 18.4 Å². The van der Waals surface area contributed by atoms with E-state index >= 15 is 0 Å². The Balaban J connectivity index is 1.36. The normalized spacial score (nSPS) is 16.4. The molecule has 1 aromatic heterocycles. The minimum Gasteiger partial charge on any atom is -0.451 e. The van der Waals surface area contributed by atoms with Gasteiger partial charge >= 0.3 is 6.03 Å². The van der Waals surface area contributed by atoms with Gasteiger partial charge < -0.3 is 20.0 Å². The summed E-state index contributed by atoms with van der Waals surface area (Å²) in [5.41, 5.74) is 3.02. The second-order valence-electron chi connectivity index (χ2n) is 8.16. The number of benzene rings is 2. The van der Waals surface area contributed by atoms with Crippen LogP contribution in [0.15, 0.2) is 46.9 Å². The number of hydrogen-bond donors (Lipinski definition) is 2. The van der Waals surface area contributed by atoms with Crippen LogP contribution in [-0.4, -0.2) is 36.5 Å². The molecule has 2 heterocycles. The van der Waals surface area contributed by atoms with E-state index in [1.54, 1.807) is 17.9 Å². The Morgan fingerprint density at radius 3 is 2.71 bits per heavy atom. The molecule has 1 aliphatic heterocycles. The van der Waals surface area contributed by atoms with Crippen LogP contribution in [0.3, 0.4) is 0 Å². The molecule has 7 heteroatoms. The van der Waals surface area contributed by atoms with Crippen LogP contribution in [0.4, 0.5) is 14.9 Å². The molecular weight excluding hydrogens is 397 g/mol. The molecule has 1 saturated heterocycles. The van der Waals surface area contributed by atoms with Crippen molar-refractivity contribution >= 4 is 28.6 Å². The molecular formula is C24H26FN3O3. The number of carbonyl (C=O) groups is 2. The number of likely N-dealkylation sites (tertiary alicyclic amines) is 1. The Morgan fingerprint density at radius 1 is 1.16 bits per heavy atom. The van der Waals surface area contributed by atoms with Gasteiger partial charge in [0, 0.05) is 36.3 Å². The van der Waals surface area contributed by atoms with Gasteiger partial charge in [0.15, 0.2) is 5.76 Å². The molecule has 4 rings (SSSR count). The number of nitrogens with one attached hydrogen (secondary N) is 2. The van der Waals surface area contributed by atoms with Crippen molar-refractivity contribution in [1.29, 1.82) is 0 Å². The second-order valence-corrected chi connectivity index (χ2v) is 8.16. The van der Waals surface area contributed by atoms with Crippen molar-refractivity contribution in [1.82, 2.24) is 10.2 Å². The van der Waals surface area contributed by atoms with E-state index in [2.05, 4.69) is 10.6 Å². The first-order chi connectivity index (χ1) is 14.9. The number of nitrogens with zero attached hydrogens (tertiary/aromatic N) is 1. The highest BCUT2D eigenvalue weighted by Gasteiger charge is 2.28. The SMILES string of the molecule is Cc1ccc(NC(=O)NCC2CCCN(C(=O)c3oc4ccc(F)cc4c3C)C2)cc1. The van der Waals surface area contributed by atoms with Crippen molar-refractivity contribution in [2.75, 3.05) is 25.0 Å². The van der Waals surface area contributed by atoms with Gasteiger partial charge in [-0.05, 0) is 62.9 Å². The summed E-state index contributed by atoms with van der Waals surface area (Å²) in [5.74, 6) is -0.138. The van der Waals surface area contributed by atoms with Crippen molar-refractivity contribution in [2.24, 2.45) is 5.92 Å². The van der Waals surface area contributed by atoms with Gasteiger partial charge in [0.25, 0.3) is 5.91 Å². The number of fused-ring (bicyclic) bond motifs is 1. The zero-order chi connectivity index (χ0) is 22.0. The molecule has 2 aromatic carbocycles. The summed E-state index contributed by atoms with van der Waals surface area (Å²) in [7, 11) is 0. The van der Waals surface area contributed by atoms with Crippen LogP contribution in [-0.2, 0) is 0 Å². The maximum absolute atomic E-state index is 13.6. The number of aryl methyl sites for hydroxylation is 2. The lowest BCUT2D eigenvalue weighted by Gasteiger charge is -2.32. The predicted molar refractivity (Wildman–Crippen MR) is 118 cm³/mol. The molecule has 0 aliphatic carbocycles. The van der Waals surface area contributed by atoms with Gasteiger partial charge in [-0.1, -0.05) is 17.7 Å². The summed E-state index contributed by atoms with van der Waals surface area (Å²) in [6.07, 6.45) is 1.78. The van der Waals surface area contributed by atoms with Crippen LogP contribution < -0.4 is 10.6 Å². The first-order valence-electron chi connectivity index (χ1n) is 10.5. The van der Waals surface area contributed by atoms with Gasteiger partial charge in [-0.15, -0.1) is 0 Å². The highest BCUT2D eigenvalue weighted by atomic mass is 19.1. The first-order valence-corrected chi connectivity index (χ1v) is 10.5. The molecule has 3 aromatic rings. The average molecular weight is 423 g/mol. The van der Waals surface area contributed by atoms with Gasteiger partial charge in [0.05, 0.1) is 0 Å². The topological polar surface area (TPSA) is 74.6 Å². The summed E-state index contributed by atoms with van der Waals surface area (Å²) in [4.78, 5) is 27.0. The molecule has 0 radical (unpaired) electrons. The predicted octanol–water partition coefficient (Wildman–Crippen LogP) is 4.86. The standard InChI is InChI=1S/C24H26FN3O3/c1-15-5-8-19(9-6-15)27-24(30)26-13-17-4-3-11-28(14-17)23(29)22-16(2)20-12-18(25)7-10-21(20)31-22/h5-10,12,17H,3-4,11,13-14H2,1-2H3,(H2,26,27,30). The zero-order valence-corrected chi connectivity index (χ0v) is 17.7.